The molecule has 1 amide bonds. The second-order valence-electron chi connectivity index (χ2n) is 8.42. The molecule has 160 valence electrons. The third-order valence-corrected chi connectivity index (χ3v) is 6.48. The summed E-state index contributed by atoms with van der Waals surface area (Å²) in [7, 11) is 0. The van der Waals surface area contributed by atoms with Crippen molar-refractivity contribution in [2.24, 2.45) is 0 Å². The Morgan fingerprint density at radius 2 is 1.36 bits per heavy atom. The summed E-state index contributed by atoms with van der Waals surface area (Å²) in [5.41, 5.74) is 1.77. The summed E-state index contributed by atoms with van der Waals surface area (Å²) < 4.78 is 5.46. The molecule has 0 spiro atoms. The molecule has 0 radical (unpaired) electrons. The molecular formula is C29H21NO3. The second kappa shape index (κ2) is 7.45. The second-order valence-corrected chi connectivity index (χ2v) is 8.42. The van der Waals surface area contributed by atoms with Crippen molar-refractivity contribution in [1.82, 2.24) is 0 Å². The van der Waals surface area contributed by atoms with Crippen molar-refractivity contribution >= 4 is 49.9 Å². The molecule has 1 aliphatic rings. The highest BCUT2D eigenvalue weighted by atomic mass is 16.6. The van der Waals surface area contributed by atoms with E-state index in [4.69, 9.17) is 4.74 Å². The summed E-state index contributed by atoms with van der Waals surface area (Å²) in [5, 5.41) is 6.62. The number of anilines is 1. The Labute approximate surface area is 191 Å². The molecule has 1 saturated heterocycles. The molecule has 1 fully saturated rings. The summed E-state index contributed by atoms with van der Waals surface area (Å²) in [4.78, 5) is 26.9. The fraction of sp³-hybridized carbons (Fsp3) is 0.103. The smallest absolute Gasteiger partial charge is 0.303 e. The van der Waals surface area contributed by atoms with Gasteiger partial charge in [-0.2, -0.15) is 0 Å². The average Bonchev–Trinajstić information content (AvgIpc) is 2.85. The van der Waals surface area contributed by atoms with Gasteiger partial charge < -0.3 is 4.74 Å². The van der Waals surface area contributed by atoms with Crippen molar-refractivity contribution in [3.05, 3.63) is 103 Å². The van der Waals surface area contributed by atoms with E-state index in [-0.39, 0.29) is 11.9 Å². The van der Waals surface area contributed by atoms with Crippen LogP contribution in [0.15, 0.2) is 97.1 Å². The Kier molecular flexibility index (Phi) is 4.40. The van der Waals surface area contributed by atoms with Gasteiger partial charge >= 0.3 is 5.97 Å². The molecule has 0 bridgehead atoms. The van der Waals surface area contributed by atoms with Gasteiger partial charge in [0.2, 0.25) is 6.10 Å². The normalized spacial score (nSPS) is 18.0. The van der Waals surface area contributed by atoms with Gasteiger partial charge in [0.05, 0.1) is 5.69 Å². The van der Waals surface area contributed by atoms with Crippen LogP contribution in [0.3, 0.4) is 0 Å². The maximum Gasteiger partial charge on any atom is 0.303 e. The third-order valence-electron chi connectivity index (χ3n) is 6.48. The average molecular weight is 431 g/mol. The molecule has 2 atom stereocenters. The number of nitrogens with zero attached hydrogens (tertiary/aromatic N) is 1. The van der Waals surface area contributed by atoms with Gasteiger partial charge in [-0.25, -0.2) is 0 Å². The summed E-state index contributed by atoms with van der Waals surface area (Å²) in [6, 6.07) is 32.2. The van der Waals surface area contributed by atoms with Crippen LogP contribution >= 0.6 is 0 Å². The maximum atomic E-state index is 13.4. The number of ether oxygens (including phenoxy) is 1. The van der Waals surface area contributed by atoms with Crippen molar-refractivity contribution in [1.29, 1.82) is 0 Å². The molecule has 0 unspecified atom stereocenters. The number of carbonyl (C=O) groups excluding carboxylic acids is 2. The Balaban J connectivity index is 1.63. The first-order valence-corrected chi connectivity index (χ1v) is 11.0. The van der Waals surface area contributed by atoms with E-state index in [1.807, 2.05) is 60.7 Å². The predicted octanol–water partition coefficient (Wildman–Crippen LogP) is 6.17. The number of esters is 1. The molecule has 0 aromatic heterocycles. The Bertz CT molecular complexity index is 1560. The Morgan fingerprint density at radius 1 is 0.727 bits per heavy atom. The van der Waals surface area contributed by atoms with Crippen LogP contribution in [0.4, 0.5) is 5.69 Å². The fourth-order valence-electron chi connectivity index (χ4n) is 5.04. The number of carbonyl (C=O) groups is 2. The van der Waals surface area contributed by atoms with Gasteiger partial charge in [0.15, 0.2) is 0 Å². The summed E-state index contributed by atoms with van der Waals surface area (Å²) in [6.07, 6.45) is -0.827. The molecule has 5 aromatic carbocycles. The monoisotopic (exact) mass is 431 g/mol. The van der Waals surface area contributed by atoms with Crippen LogP contribution in [0.2, 0.25) is 0 Å². The van der Waals surface area contributed by atoms with E-state index in [1.165, 1.54) is 6.92 Å². The lowest BCUT2D eigenvalue weighted by Gasteiger charge is -2.46. The van der Waals surface area contributed by atoms with Crippen LogP contribution in [0.25, 0.3) is 32.3 Å². The highest BCUT2D eigenvalue weighted by Crippen LogP contribution is 2.46. The highest BCUT2D eigenvalue weighted by molar-refractivity contribution is 6.23. The minimum Gasteiger partial charge on any atom is -0.450 e. The number of β-lactam (4-membered cyclic amide) rings is 1. The lowest BCUT2D eigenvalue weighted by atomic mass is 9.87. The summed E-state index contributed by atoms with van der Waals surface area (Å²) >= 11 is 0. The van der Waals surface area contributed by atoms with E-state index in [1.54, 1.807) is 4.90 Å². The molecule has 0 N–H and O–H groups in total. The first-order valence-electron chi connectivity index (χ1n) is 11.0. The molecule has 5 aromatic rings. The van der Waals surface area contributed by atoms with Crippen molar-refractivity contribution in [2.75, 3.05) is 4.90 Å². The first kappa shape index (κ1) is 19.5. The predicted molar refractivity (Wildman–Crippen MR) is 131 cm³/mol. The van der Waals surface area contributed by atoms with E-state index in [2.05, 4.69) is 36.4 Å². The number of amides is 1. The number of benzene rings is 5. The zero-order chi connectivity index (χ0) is 22.5. The Hall–Kier alpha value is -4.18. The van der Waals surface area contributed by atoms with Crippen LogP contribution < -0.4 is 4.90 Å². The van der Waals surface area contributed by atoms with Crippen molar-refractivity contribution < 1.29 is 14.3 Å². The molecular weight excluding hydrogens is 410 g/mol. The van der Waals surface area contributed by atoms with Crippen LogP contribution in [-0.2, 0) is 14.3 Å². The lowest BCUT2D eigenvalue weighted by molar-refractivity contribution is -0.160. The zero-order valence-electron chi connectivity index (χ0n) is 18.1. The molecule has 0 saturated carbocycles. The van der Waals surface area contributed by atoms with Gasteiger partial charge in [0.1, 0.15) is 6.04 Å². The van der Waals surface area contributed by atoms with Crippen molar-refractivity contribution in [3.63, 3.8) is 0 Å². The fourth-order valence-corrected chi connectivity index (χ4v) is 5.04. The molecule has 1 heterocycles. The van der Waals surface area contributed by atoms with Crippen LogP contribution in [0.1, 0.15) is 18.5 Å². The largest absolute Gasteiger partial charge is 0.450 e. The van der Waals surface area contributed by atoms with Gasteiger partial charge in [-0.3, -0.25) is 14.5 Å². The SMILES string of the molecule is CC(=O)O[C@H]1C(=O)N(c2cc3c4ccccc4ccc3c3ccccc23)[C@@H]1c1ccccc1. The van der Waals surface area contributed by atoms with Crippen molar-refractivity contribution in [3.8, 4) is 0 Å². The molecule has 33 heavy (non-hydrogen) atoms. The van der Waals surface area contributed by atoms with Crippen LogP contribution in [0.5, 0.6) is 0 Å². The summed E-state index contributed by atoms with van der Waals surface area (Å²) in [5.74, 6) is -0.660. The van der Waals surface area contributed by atoms with Gasteiger partial charge in [-0.05, 0) is 38.6 Å². The third kappa shape index (κ3) is 2.99. The van der Waals surface area contributed by atoms with Crippen LogP contribution in [-0.4, -0.2) is 18.0 Å². The quantitative estimate of drug-likeness (QED) is 0.195. The number of fused-ring (bicyclic) bond motifs is 5. The molecule has 6 rings (SSSR count). The minimum absolute atomic E-state index is 0.205. The van der Waals surface area contributed by atoms with E-state index >= 15 is 0 Å². The van der Waals surface area contributed by atoms with Gasteiger partial charge in [-0.1, -0.05) is 91.0 Å². The molecule has 1 aliphatic heterocycles. The first-order chi connectivity index (χ1) is 16.1. The maximum absolute atomic E-state index is 13.4. The molecule has 0 aliphatic carbocycles. The van der Waals surface area contributed by atoms with E-state index in [9.17, 15) is 9.59 Å². The van der Waals surface area contributed by atoms with Gasteiger partial charge in [0.25, 0.3) is 5.91 Å². The molecule has 4 nitrogen and oxygen atoms in total. The van der Waals surface area contributed by atoms with E-state index in [0.29, 0.717) is 0 Å². The minimum atomic E-state index is -0.827. The number of rotatable bonds is 3. The van der Waals surface area contributed by atoms with Crippen LogP contribution in [0, 0.1) is 0 Å². The van der Waals surface area contributed by atoms with E-state index in [0.717, 1.165) is 43.6 Å². The standard InChI is InChI=1S/C29H21NO3/c1-18(31)33-28-27(20-10-3-2-4-11-20)30(29(28)32)26-17-25-21-12-6-5-9-19(21)15-16-23(25)22-13-7-8-14-24(22)26/h2-17,27-28H,1H3/t27-,28-/m1/s1. The van der Waals surface area contributed by atoms with Crippen molar-refractivity contribution in [2.45, 2.75) is 19.1 Å². The highest BCUT2D eigenvalue weighted by Gasteiger charge is 2.51. The zero-order valence-corrected chi connectivity index (χ0v) is 18.1. The number of hydrogen-bond acceptors (Lipinski definition) is 3. The lowest BCUT2D eigenvalue weighted by Crippen LogP contribution is -2.60. The van der Waals surface area contributed by atoms with Gasteiger partial charge in [-0.15, -0.1) is 0 Å². The topological polar surface area (TPSA) is 46.6 Å². The van der Waals surface area contributed by atoms with E-state index < -0.39 is 12.1 Å². The molecule has 4 heteroatoms. The van der Waals surface area contributed by atoms with Gasteiger partial charge in [0, 0.05) is 12.3 Å². The Morgan fingerprint density at radius 3 is 2.12 bits per heavy atom. The summed E-state index contributed by atoms with van der Waals surface area (Å²) in [6.45, 7) is 1.34. The number of hydrogen-bond donors (Lipinski definition) is 0.